The summed E-state index contributed by atoms with van der Waals surface area (Å²) in [6.45, 7) is 5.24. The van der Waals surface area contributed by atoms with Crippen LogP contribution in [-0.2, 0) is 18.4 Å². The number of hydrogen-bond donors (Lipinski definition) is 1. The summed E-state index contributed by atoms with van der Waals surface area (Å²) < 4.78 is 5.64. The number of fused-ring (bicyclic) bond motifs is 1. The minimum absolute atomic E-state index is 0.175. The van der Waals surface area contributed by atoms with Crippen molar-refractivity contribution in [2.75, 3.05) is 33.3 Å². The molecule has 1 saturated carbocycles. The van der Waals surface area contributed by atoms with Gasteiger partial charge in [-0.05, 0) is 86.4 Å². The first kappa shape index (κ1) is 20.7. The Labute approximate surface area is 192 Å². The molecule has 6 rings (SSSR count). The van der Waals surface area contributed by atoms with Gasteiger partial charge < -0.3 is 9.84 Å². The highest BCUT2D eigenvalue weighted by Gasteiger charge is 2.63. The highest BCUT2D eigenvalue weighted by molar-refractivity contribution is 5.48. The fraction of sp³-hybridized carbons (Fsp3) is 0.571. The first-order valence-corrected chi connectivity index (χ1v) is 12.5. The second-order valence-corrected chi connectivity index (χ2v) is 10.7. The summed E-state index contributed by atoms with van der Waals surface area (Å²) in [6.07, 6.45) is 6.61. The van der Waals surface area contributed by atoms with Crippen LogP contribution in [0.3, 0.4) is 0 Å². The first-order chi connectivity index (χ1) is 15.6. The number of rotatable bonds is 5. The molecule has 0 radical (unpaired) electrons. The lowest BCUT2D eigenvalue weighted by Gasteiger charge is -2.61. The standard InChI is InChI=1S/C28H36N2O2/c1-32-24-10-9-23-17-26-28(31)13-15-29(19-21-5-3-2-4-6-21)14-11-27(28,25(23)18-24)12-16-30(26)20-22-7-8-22/h2-6,9-10,18,22,26,31H,7-8,11-17,19-20H2,1H3/t26-,27+,28-/m1/s1. The molecule has 2 bridgehead atoms. The second-order valence-electron chi connectivity index (χ2n) is 10.7. The van der Waals surface area contributed by atoms with E-state index in [2.05, 4.69) is 58.3 Å². The van der Waals surface area contributed by atoms with Gasteiger partial charge in [0.15, 0.2) is 0 Å². The van der Waals surface area contributed by atoms with Crippen LogP contribution in [0, 0.1) is 5.92 Å². The van der Waals surface area contributed by atoms with Gasteiger partial charge in [-0.25, -0.2) is 0 Å². The Kier molecular flexibility index (Phi) is 5.09. The Morgan fingerprint density at radius 2 is 1.78 bits per heavy atom. The van der Waals surface area contributed by atoms with E-state index in [1.54, 1.807) is 7.11 Å². The van der Waals surface area contributed by atoms with Crippen LogP contribution in [0.1, 0.15) is 48.8 Å². The zero-order valence-electron chi connectivity index (χ0n) is 19.3. The quantitative estimate of drug-likeness (QED) is 0.775. The highest BCUT2D eigenvalue weighted by atomic mass is 16.5. The van der Waals surface area contributed by atoms with E-state index < -0.39 is 5.60 Å². The van der Waals surface area contributed by atoms with E-state index in [1.807, 2.05) is 0 Å². The third-order valence-electron chi connectivity index (χ3n) is 9.00. The number of ether oxygens (including phenoxy) is 1. The van der Waals surface area contributed by atoms with Crippen molar-refractivity contribution in [3.8, 4) is 5.75 Å². The van der Waals surface area contributed by atoms with Crippen LogP contribution >= 0.6 is 0 Å². The van der Waals surface area contributed by atoms with Gasteiger partial charge in [0.25, 0.3) is 0 Å². The van der Waals surface area contributed by atoms with E-state index in [-0.39, 0.29) is 11.5 Å². The molecule has 4 heteroatoms. The Hall–Kier alpha value is -1.88. The first-order valence-electron chi connectivity index (χ1n) is 12.5. The average molecular weight is 433 g/mol. The second kappa shape index (κ2) is 7.86. The molecule has 2 saturated heterocycles. The van der Waals surface area contributed by atoms with Gasteiger partial charge in [0.05, 0.1) is 12.7 Å². The number of hydrogen-bond acceptors (Lipinski definition) is 4. The molecular weight excluding hydrogens is 396 g/mol. The van der Waals surface area contributed by atoms with E-state index in [9.17, 15) is 5.11 Å². The van der Waals surface area contributed by atoms with Gasteiger partial charge in [-0.3, -0.25) is 9.80 Å². The summed E-state index contributed by atoms with van der Waals surface area (Å²) in [4.78, 5) is 5.23. The average Bonchev–Trinajstić information content (AvgIpc) is 3.64. The van der Waals surface area contributed by atoms with Crippen molar-refractivity contribution >= 4 is 0 Å². The summed E-state index contributed by atoms with van der Waals surface area (Å²) in [5.41, 5.74) is 3.30. The molecule has 0 amide bonds. The molecule has 4 nitrogen and oxygen atoms in total. The smallest absolute Gasteiger partial charge is 0.119 e. The van der Waals surface area contributed by atoms with Crippen LogP contribution in [0.15, 0.2) is 48.5 Å². The number of piperidine rings is 1. The number of methoxy groups -OCH3 is 1. The minimum Gasteiger partial charge on any atom is -0.497 e. The Morgan fingerprint density at radius 3 is 2.56 bits per heavy atom. The highest BCUT2D eigenvalue weighted by Crippen LogP contribution is 2.56. The Balaban J connectivity index is 1.38. The molecule has 1 N–H and O–H groups in total. The molecule has 2 aliphatic carbocycles. The van der Waals surface area contributed by atoms with Crippen molar-refractivity contribution in [1.82, 2.24) is 9.80 Å². The lowest BCUT2D eigenvalue weighted by Crippen LogP contribution is -2.71. The SMILES string of the molecule is COc1ccc2c(c1)[C@@]13CCN(Cc4ccccc4)CC[C@@]1(O)[C@@H](C2)N(CC1CC1)CC3. The topological polar surface area (TPSA) is 35.9 Å². The predicted molar refractivity (Wildman–Crippen MR) is 127 cm³/mol. The van der Waals surface area contributed by atoms with Gasteiger partial charge in [-0.1, -0.05) is 36.4 Å². The molecule has 4 aliphatic rings. The molecule has 2 aromatic carbocycles. The van der Waals surface area contributed by atoms with E-state index in [1.165, 1.54) is 36.1 Å². The molecule has 2 heterocycles. The number of aliphatic hydroxyl groups is 1. The maximum atomic E-state index is 12.6. The molecule has 0 unspecified atom stereocenters. The largest absolute Gasteiger partial charge is 0.497 e. The van der Waals surface area contributed by atoms with Crippen LogP contribution in [0.25, 0.3) is 0 Å². The molecule has 2 aliphatic heterocycles. The molecule has 2 aromatic rings. The molecule has 32 heavy (non-hydrogen) atoms. The van der Waals surface area contributed by atoms with Crippen LogP contribution in [0.2, 0.25) is 0 Å². The summed E-state index contributed by atoms with van der Waals surface area (Å²) in [6, 6.07) is 17.7. The van der Waals surface area contributed by atoms with Crippen molar-refractivity contribution in [3.63, 3.8) is 0 Å². The fourth-order valence-electron chi connectivity index (χ4n) is 7.03. The zero-order chi connectivity index (χ0) is 21.8. The summed E-state index contributed by atoms with van der Waals surface area (Å²) in [5.74, 6) is 1.77. The van der Waals surface area contributed by atoms with E-state index in [4.69, 9.17) is 4.74 Å². The van der Waals surface area contributed by atoms with Gasteiger partial charge in [-0.15, -0.1) is 0 Å². The fourth-order valence-corrected chi connectivity index (χ4v) is 7.03. The maximum Gasteiger partial charge on any atom is 0.119 e. The monoisotopic (exact) mass is 432 g/mol. The van der Waals surface area contributed by atoms with E-state index in [0.717, 1.165) is 63.5 Å². The van der Waals surface area contributed by atoms with Crippen molar-refractivity contribution in [1.29, 1.82) is 0 Å². The van der Waals surface area contributed by atoms with Crippen molar-refractivity contribution < 1.29 is 9.84 Å². The molecule has 3 fully saturated rings. The number of benzene rings is 2. The van der Waals surface area contributed by atoms with Crippen molar-refractivity contribution in [2.24, 2.45) is 5.92 Å². The molecular formula is C28H36N2O2. The van der Waals surface area contributed by atoms with E-state index in [0.29, 0.717) is 0 Å². The minimum atomic E-state index is -0.676. The molecule has 0 aromatic heterocycles. The number of nitrogens with zero attached hydrogens (tertiary/aromatic N) is 2. The number of likely N-dealkylation sites (tertiary alicyclic amines) is 2. The predicted octanol–water partition coefficient (Wildman–Crippen LogP) is 4.00. The third kappa shape index (κ3) is 3.30. The van der Waals surface area contributed by atoms with Crippen LogP contribution in [-0.4, -0.2) is 59.8 Å². The molecule has 0 spiro atoms. The van der Waals surface area contributed by atoms with Crippen molar-refractivity contribution in [3.05, 3.63) is 65.2 Å². The zero-order valence-corrected chi connectivity index (χ0v) is 19.3. The molecule has 170 valence electrons. The summed E-state index contributed by atoms with van der Waals surface area (Å²) in [7, 11) is 1.75. The Morgan fingerprint density at radius 1 is 1.00 bits per heavy atom. The van der Waals surface area contributed by atoms with Crippen LogP contribution in [0.5, 0.6) is 5.75 Å². The van der Waals surface area contributed by atoms with E-state index >= 15 is 0 Å². The lowest BCUT2D eigenvalue weighted by atomic mass is 9.52. The summed E-state index contributed by atoms with van der Waals surface area (Å²) >= 11 is 0. The van der Waals surface area contributed by atoms with Gasteiger partial charge in [0, 0.05) is 31.1 Å². The van der Waals surface area contributed by atoms with Gasteiger partial charge >= 0.3 is 0 Å². The van der Waals surface area contributed by atoms with Gasteiger partial charge in [0.2, 0.25) is 0 Å². The normalized spacial score (nSPS) is 32.6. The third-order valence-corrected chi connectivity index (χ3v) is 9.00. The molecule has 3 atom stereocenters. The van der Waals surface area contributed by atoms with Gasteiger partial charge in [0.1, 0.15) is 5.75 Å². The van der Waals surface area contributed by atoms with Gasteiger partial charge in [-0.2, -0.15) is 0 Å². The lowest BCUT2D eigenvalue weighted by molar-refractivity contribution is -0.149. The van der Waals surface area contributed by atoms with Crippen LogP contribution in [0.4, 0.5) is 0 Å². The van der Waals surface area contributed by atoms with Crippen LogP contribution < -0.4 is 4.74 Å². The van der Waals surface area contributed by atoms with Crippen molar-refractivity contribution in [2.45, 2.75) is 62.1 Å². The maximum absolute atomic E-state index is 12.6. The Bertz CT molecular complexity index is 975. The summed E-state index contributed by atoms with van der Waals surface area (Å²) in [5, 5.41) is 12.6.